The molecule has 0 atom stereocenters. The number of hydrogen-bond acceptors (Lipinski definition) is 4. The van der Waals surface area contributed by atoms with Crippen LogP contribution in [-0.4, -0.2) is 49.3 Å². The number of carbonyl (C=O) groups is 1. The molecule has 1 heterocycles. The van der Waals surface area contributed by atoms with Crippen molar-refractivity contribution in [3.63, 3.8) is 0 Å². The SMILES string of the molecule is C=C(CN1CCOCC1(C)C)C(=O)OCC. The van der Waals surface area contributed by atoms with Gasteiger partial charge in [-0.3, -0.25) is 4.90 Å². The van der Waals surface area contributed by atoms with Crippen LogP contribution in [0.4, 0.5) is 0 Å². The first-order valence-electron chi connectivity index (χ1n) is 5.65. The monoisotopic (exact) mass is 227 g/mol. The molecule has 0 N–H and O–H groups in total. The number of rotatable bonds is 4. The zero-order valence-electron chi connectivity index (χ0n) is 10.4. The lowest BCUT2D eigenvalue weighted by Gasteiger charge is -2.42. The van der Waals surface area contributed by atoms with Gasteiger partial charge in [0, 0.05) is 24.2 Å². The van der Waals surface area contributed by atoms with Gasteiger partial charge in [0.15, 0.2) is 0 Å². The summed E-state index contributed by atoms with van der Waals surface area (Å²) in [5, 5.41) is 0. The highest BCUT2D eigenvalue weighted by molar-refractivity contribution is 5.88. The molecule has 1 rings (SSSR count). The largest absolute Gasteiger partial charge is 0.463 e. The molecule has 92 valence electrons. The van der Waals surface area contributed by atoms with E-state index in [0.29, 0.717) is 31.9 Å². The number of carbonyl (C=O) groups excluding carboxylic acids is 1. The van der Waals surface area contributed by atoms with Crippen LogP contribution in [0, 0.1) is 0 Å². The Bertz CT molecular complexity index is 273. The van der Waals surface area contributed by atoms with Gasteiger partial charge in [-0.05, 0) is 20.8 Å². The second-order valence-electron chi connectivity index (χ2n) is 4.61. The van der Waals surface area contributed by atoms with Crippen molar-refractivity contribution < 1.29 is 14.3 Å². The summed E-state index contributed by atoms with van der Waals surface area (Å²) in [5.41, 5.74) is 0.463. The van der Waals surface area contributed by atoms with Gasteiger partial charge >= 0.3 is 5.97 Å². The van der Waals surface area contributed by atoms with Crippen LogP contribution in [0.5, 0.6) is 0 Å². The van der Waals surface area contributed by atoms with Crippen molar-refractivity contribution in [2.24, 2.45) is 0 Å². The van der Waals surface area contributed by atoms with Crippen LogP contribution in [0.3, 0.4) is 0 Å². The van der Waals surface area contributed by atoms with Gasteiger partial charge in [-0.2, -0.15) is 0 Å². The average molecular weight is 227 g/mol. The Morgan fingerprint density at radius 1 is 1.56 bits per heavy atom. The van der Waals surface area contributed by atoms with Gasteiger partial charge in [-0.1, -0.05) is 6.58 Å². The highest BCUT2D eigenvalue weighted by atomic mass is 16.5. The lowest BCUT2D eigenvalue weighted by molar-refractivity contribution is -0.139. The maximum atomic E-state index is 11.4. The molecule has 0 aromatic carbocycles. The molecule has 0 bridgehead atoms. The minimum absolute atomic E-state index is 0.0479. The van der Waals surface area contributed by atoms with Gasteiger partial charge < -0.3 is 9.47 Å². The zero-order chi connectivity index (χ0) is 12.2. The normalized spacial score (nSPS) is 20.4. The smallest absolute Gasteiger partial charge is 0.334 e. The maximum absolute atomic E-state index is 11.4. The number of morpholine rings is 1. The fourth-order valence-corrected chi connectivity index (χ4v) is 1.71. The molecular formula is C12H21NO3. The lowest BCUT2D eigenvalue weighted by atomic mass is 10.0. The second kappa shape index (κ2) is 5.46. The molecule has 16 heavy (non-hydrogen) atoms. The van der Waals surface area contributed by atoms with Gasteiger partial charge in [0.25, 0.3) is 0 Å². The average Bonchev–Trinajstić information content (AvgIpc) is 2.21. The van der Waals surface area contributed by atoms with Crippen LogP contribution in [0.2, 0.25) is 0 Å². The van der Waals surface area contributed by atoms with E-state index in [4.69, 9.17) is 9.47 Å². The minimum Gasteiger partial charge on any atom is -0.463 e. The van der Waals surface area contributed by atoms with E-state index < -0.39 is 0 Å². The number of esters is 1. The van der Waals surface area contributed by atoms with E-state index in [1.165, 1.54) is 0 Å². The van der Waals surface area contributed by atoms with E-state index in [0.717, 1.165) is 6.54 Å². The Morgan fingerprint density at radius 3 is 2.81 bits per heavy atom. The van der Waals surface area contributed by atoms with Crippen LogP contribution in [-0.2, 0) is 14.3 Å². The van der Waals surface area contributed by atoms with Crippen molar-refractivity contribution in [2.45, 2.75) is 26.3 Å². The third kappa shape index (κ3) is 3.32. The summed E-state index contributed by atoms with van der Waals surface area (Å²) in [7, 11) is 0. The Kier molecular flexibility index (Phi) is 4.50. The Morgan fingerprint density at radius 2 is 2.25 bits per heavy atom. The van der Waals surface area contributed by atoms with Crippen molar-refractivity contribution in [3.05, 3.63) is 12.2 Å². The Labute approximate surface area is 97.2 Å². The summed E-state index contributed by atoms with van der Waals surface area (Å²) in [4.78, 5) is 13.7. The number of nitrogens with zero attached hydrogens (tertiary/aromatic N) is 1. The van der Waals surface area contributed by atoms with Crippen molar-refractivity contribution in [2.75, 3.05) is 32.9 Å². The molecule has 1 aliphatic rings. The molecule has 4 heteroatoms. The fraction of sp³-hybridized carbons (Fsp3) is 0.750. The van der Waals surface area contributed by atoms with E-state index in [1.807, 2.05) is 0 Å². The van der Waals surface area contributed by atoms with E-state index in [2.05, 4.69) is 25.3 Å². The van der Waals surface area contributed by atoms with Crippen LogP contribution in [0.15, 0.2) is 12.2 Å². The van der Waals surface area contributed by atoms with Gasteiger partial charge in [0.1, 0.15) is 0 Å². The molecule has 1 fully saturated rings. The van der Waals surface area contributed by atoms with Gasteiger partial charge in [0.05, 0.1) is 19.8 Å². The summed E-state index contributed by atoms with van der Waals surface area (Å²) in [6.45, 7) is 12.9. The fourth-order valence-electron chi connectivity index (χ4n) is 1.71. The minimum atomic E-state index is -0.301. The van der Waals surface area contributed by atoms with Crippen molar-refractivity contribution in [1.82, 2.24) is 4.90 Å². The molecule has 1 saturated heterocycles. The molecule has 0 amide bonds. The molecule has 1 aliphatic heterocycles. The maximum Gasteiger partial charge on any atom is 0.334 e. The summed E-state index contributed by atoms with van der Waals surface area (Å²) in [6, 6.07) is 0. The highest BCUT2D eigenvalue weighted by Crippen LogP contribution is 2.19. The zero-order valence-corrected chi connectivity index (χ0v) is 10.4. The van der Waals surface area contributed by atoms with Gasteiger partial charge in [-0.25, -0.2) is 4.79 Å². The van der Waals surface area contributed by atoms with Crippen molar-refractivity contribution in [3.8, 4) is 0 Å². The molecule has 0 saturated carbocycles. The van der Waals surface area contributed by atoms with E-state index in [1.54, 1.807) is 6.92 Å². The van der Waals surface area contributed by atoms with Crippen molar-refractivity contribution in [1.29, 1.82) is 0 Å². The predicted octanol–water partition coefficient (Wildman–Crippen LogP) is 1.22. The van der Waals surface area contributed by atoms with Crippen molar-refractivity contribution >= 4 is 5.97 Å². The van der Waals surface area contributed by atoms with E-state index >= 15 is 0 Å². The molecule has 0 aromatic heterocycles. The molecule has 0 aromatic rings. The Hall–Kier alpha value is -0.870. The first-order chi connectivity index (χ1) is 7.47. The third-order valence-electron chi connectivity index (χ3n) is 2.76. The topological polar surface area (TPSA) is 38.8 Å². The molecular weight excluding hydrogens is 206 g/mol. The molecule has 0 aliphatic carbocycles. The quantitative estimate of drug-likeness (QED) is 0.534. The standard InChI is InChI=1S/C12H21NO3/c1-5-16-11(14)10(2)8-13-6-7-15-9-12(13,3)4/h2,5-9H2,1,3-4H3. The predicted molar refractivity (Wildman–Crippen MR) is 62.2 cm³/mol. The second-order valence-corrected chi connectivity index (χ2v) is 4.61. The molecule has 4 nitrogen and oxygen atoms in total. The highest BCUT2D eigenvalue weighted by Gasteiger charge is 2.31. The number of ether oxygens (including phenoxy) is 2. The third-order valence-corrected chi connectivity index (χ3v) is 2.76. The molecule has 0 unspecified atom stereocenters. The van der Waals surface area contributed by atoms with Crippen LogP contribution < -0.4 is 0 Å². The lowest BCUT2D eigenvalue weighted by Crippen LogP contribution is -2.53. The Balaban J connectivity index is 2.52. The van der Waals surface area contributed by atoms with Gasteiger partial charge in [0.2, 0.25) is 0 Å². The molecule has 0 spiro atoms. The summed E-state index contributed by atoms with van der Waals surface area (Å²) in [6.07, 6.45) is 0. The first-order valence-corrected chi connectivity index (χ1v) is 5.65. The van der Waals surface area contributed by atoms with E-state index in [9.17, 15) is 4.79 Å². The van der Waals surface area contributed by atoms with Gasteiger partial charge in [-0.15, -0.1) is 0 Å². The van der Waals surface area contributed by atoms with Crippen LogP contribution >= 0.6 is 0 Å². The number of hydrogen-bond donors (Lipinski definition) is 0. The summed E-state index contributed by atoms with van der Waals surface area (Å²) >= 11 is 0. The summed E-state index contributed by atoms with van der Waals surface area (Å²) < 4.78 is 10.3. The van der Waals surface area contributed by atoms with Crippen LogP contribution in [0.25, 0.3) is 0 Å². The molecule has 0 radical (unpaired) electrons. The van der Waals surface area contributed by atoms with E-state index in [-0.39, 0.29) is 11.5 Å². The van der Waals surface area contributed by atoms with Crippen LogP contribution in [0.1, 0.15) is 20.8 Å². The summed E-state index contributed by atoms with van der Waals surface area (Å²) in [5.74, 6) is -0.301. The first kappa shape index (κ1) is 13.2.